The van der Waals surface area contributed by atoms with Crippen LogP contribution < -0.4 is 19.9 Å². The van der Waals surface area contributed by atoms with Crippen molar-refractivity contribution in [2.45, 2.75) is 31.8 Å². The van der Waals surface area contributed by atoms with Crippen LogP contribution in [-0.2, 0) is 17.7 Å². The Morgan fingerprint density at radius 3 is 2.64 bits per heavy atom. The largest absolute Gasteiger partial charge is 0.491 e. The summed E-state index contributed by atoms with van der Waals surface area (Å²) in [6.07, 6.45) is 2.33. The number of thiophene rings is 1. The third-order valence-corrected chi connectivity index (χ3v) is 9.32. The van der Waals surface area contributed by atoms with Gasteiger partial charge < -0.3 is 24.6 Å². The van der Waals surface area contributed by atoms with Gasteiger partial charge in [-0.1, -0.05) is 42.5 Å². The van der Waals surface area contributed by atoms with E-state index in [0.29, 0.717) is 56.4 Å². The number of fused-ring (bicyclic) bond motifs is 4. The van der Waals surface area contributed by atoms with Gasteiger partial charge >= 0.3 is 0 Å². The van der Waals surface area contributed by atoms with Crippen LogP contribution in [0.25, 0.3) is 10.4 Å². The molecule has 9 heteroatoms. The van der Waals surface area contributed by atoms with Gasteiger partial charge in [0.05, 0.1) is 17.1 Å². The second kappa shape index (κ2) is 11.6. The summed E-state index contributed by atoms with van der Waals surface area (Å²) in [5, 5.41) is 3.18. The predicted molar refractivity (Wildman–Crippen MR) is 164 cm³/mol. The molecule has 3 aliphatic heterocycles. The molecule has 1 saturated heterocycles. The van der Waals surface area contributed by atoms with E-state index in [1.807, 2.05) is 65.6 Å². The van der Waals surface area contributed by atoms with E-state index >= 15 is 0 Å². The van der Waals surface area contributed by atoms with E-state index in [2.05, 4.69) is 16.3 Å². The third-order valence-electron chi connectivity index (χ3n) is 8.11. The summed E-state index contributed by atoms with van der Waals surface area (Å²) in [6, 6.07) is 23.8. The van der Waals surface area contributed by atoms with E-state index in [1.54, 1.807) is 6.07 Å². The normalized spacial score (nSPS) is 16.8. The number of ether oxygens (including phenoxy) is 2. The molecule has 0 radical (unpaired) electrons. The van der Waals surface area contributed by atoms with Gasteiger partial charge in [-0.15, -0.1) is 11.3 Å². The summed E-state index contributed by atoms with van der Waals surface area (Å²) in [4.78, 5) is 37.7. The van der Waals surface area contributed by atoms with E-state index in [1.165, 1.54) is 11.3 Å². The lowest BCUT2D eigenvalue weighted by atomic mass is 10.1. The fourth-order valence-electron chi connectivity index (χ4n) is 5.90. The molecule has 7 rings (SSSR count). The molecule has 1 fully saturated rings. The molecule has 0 aliphatic carbocycles. The van der Waals surface area contributed by atoms with Crippen molar-refractivity contribution < 1.29 is 19.1 Å². The average Bonchev–Trinajstić information content (AvgIpc) is 3.25. The second-order valence-electron chi connectivity index (χ2n) is 10.8. The third kappa shape index (κ3) is 5.26. The maximum Gasteiger partial charge on any atom is 0.276 e. The molecule has 2 aromatic heterocycles. The Balaban J connectivity index is 1.14. The number of nitrogens with zero attached hydrogens (tertiary/aromatic N) is 3. The summed E-state index contributed by atoms with van der Waals surface area (Å²) in [5.74, 6) is 1.48. The number of amides is 2. The lowest BCUT2D eigenvalue weighted by Crippen LogP contribution is -2.38. The molecule has 1 N–H and O–H groups in total. The van der Waals surface area contributed by atoms with E-state index in [-0.39, 0.29) is 17.9 Å². The van der Waals surface area contributed by atoms with Crippen molar-refractivity contribution in [1.29, 1.82) is 0 Å². The molecule has 214 valence electrons. The van der Waals surface area contributed by atoms with Gasteiger partial charge in [-0.3, -0.25) is 9.59 Å². The first-order valence-corrected chi connectivity index (χ1v) is 15.3. The Morgan fingerprint density at radius 1 is 0.905 bits per heavy atom. The number of aromatic nitrogens is 1. The fraction of sp³-hybridized carbons (Fsp3) is 0.303. The highest BCUT2D eigenvalue weighted by Gasteiger charge is 2.29. The van der Waals surface area contributed by atoms with Gasteiger partial charge in [0, 0.05) is 48.3 Å². The van der Waals surface area contributed by atoms with E-state index in [4.69, 9.17) is 14.5 Å². The lowest BCUT2D eigenvalue weighted by molar-refractivity contribution is 0.0698. The van der Waals surface area contributed by atoms with Crippen molar-refractivity contribution in [2.24, 2.45) is 0 Å². The maximum atomic E-state index is 14.0. The molecule has 0 unspecified atom stereocenters. The molecule has 0 spiro atoms. The summed E-state index contributed by atoms with van der Waals surface area (Å²) in [6.45, 7) is 3.75. The highest BCUT2D eigenvalue weighted by atomic mass is 32.1. The number of benzene rings is 2. The Kier molecular flexibility index (Phi) is 7.36. The van der Waals surface area contributed by atoms with Gasteiger partial charge in [-0.25, -0.2) is 4.98 Å². The number of pyridine rings is 1. The highest BCUT2D eigenvalue weighted by Crippen LogP contribution is 2.42. The predicted octanol–water partition coefficient (Wildman–Crippen LogP) is 5.32. The molecular weight excluding hydrogens is 548 g/mol. The molecule has 0 atom stereocenters. The number of nitrogens with one attached hydrogen (secondary N) is 1. The summed E-state index contributed by atoms with van der Waals surface area (Å²) >= 11 is 1.50. The molecular formula is C33H32N4O4S. The fourth-order valence-corrected chi connectivity index (χ4v) is 7.04. The first kappa shape index (κ1) is 26.7. The van der Waals surface area contributed by atoms with Crippen molar-refractivity contribution in [3.8, 4) is 16.2 Å². The molecule has 8 nitrogen and oxygen atoms in total. The minimum Gasteiger partial charge on any atom is -0.491 e. The van der Waals surface area contributed by atoms with Gasteiger partial charge in [0.2, 0.25) is 0 Å². The van der Waals surface area contributed by atoms with Crippen molar-refractivity contribution in [3.05, 3.63) is 94.5 Å². The van der Waals surface area contributed by atoms with E-state index < -0.39 is 0 Å². The zero-order valence-corrected chi connectivity index (χ0v) is 24.1. The van der Waals surface area contributed by atoms with Crippen LogP contribution in [0.15, 0.2) is 72.8 Å². The number of para-hydroxylation sites is 2. The summed E-state index contributed by atoms with van der Waals surface area (Å²) in [5.41, 5.74) is 4.39. The van der Waals surface area contributed by atoms with Crippen LogP contribution in [-0.4, -0.2) is 55.8 Å². The van der Waals surface area contributed by atoms with Crippen LogP contribution in [0.4, 0.5) is 11.5 Å². The standard InChI is InChI=1S/C33H32N4O4S/c38-32(34-24-13-17-40-18-14-24)29-20-22-12-15-37(27-9-3-2-7-25(27)31(22)42-29)33(39)26-8-5-11-30(35-26)36-16-19-41-28-10-4-1-6-23(28)21-36/h1-11,20,24H,12-19,21H2,(H,34,38). The van der Waals surface area contributed by atoms with Gasteiger partial charge in [-0.2, -0.15) is 0 Å². The van der Waals surface area contributed by atoms with Gasteiger partial charge in [0.25, 0.3) is 11.8 Å². The van der Waals surface area contributed by atoms with E-state index in [0.717, 1.165) is 51.7 Å². The van der Waals surface area contributed by atoms with Gasteiger partial charge in [0.1, 0.15) is 23.9 Å². The molecule has 0 bridgehead atoms. The van der Waals surface area contributed by atoms with Crippen LogP contribution in [0.5, 0.6) is 5.75 Å². The smallest absolute Gasteiger partial charge is 0.276 e. The van der Waals surface area contributed by atoms with Crippen molar-refractivity contribution in [3.63, 3.8) is 0 Å². The minimum absolute atomic E-state index is 0.0343. The number of hydrogen-bond donors (Lipinski definition) is 1. The quantitative estimate of drug-likeness (QED) is 0.352. The van der Waals surface area contributed by atoms with Crippen molar-refractivity contribution in [1.82, 2.24) is 10.3 Å². The molecule has 4 aromatic rings. The van der Waals surface area contributed by atoms with Crippen molar-refractivity contribution >= 4 is 34.7 Å². The number of anilines is 2. The minimum atomic E-state index is -0.136. The van der Waals surface area contributed by atoms with E-state index in [9.17, 15) is 9.59 Å². The monoisotopic (exact) mass is 580 g/mol. The molecule has 2 aromatic carbocycles. The van der Waals surface area contributed by atoms with Crippen molar-refractivity contribution in [2.75, 3.05) is 42.7 Å². The molecule has 2 amide bonds. The number of carbonyl (C=O) groups excluding carboxylic acids is 2. The van der Waals surface area contributed by atoms with Gasteiger partial charge in [-0.05, 0) is 55.2 Å². The Hall–Kier alpha value is -4.21. The van der Waals surface area contributed by atoms with Crippen LogP contribution in [0, 0.1) is 0 Å². The Morgan fingerprint density at radius 2 is 1.74 bits per heavy atom. The topological polar surface area (TPSA) is 84.0 Å². The maximum absolute atomic E-state index is 14.0. The highest BCUT2D eigenvalue weighted by molar-refractivity contribution is 7.17. The first-order chi connectivity index (χ1) is 20.6. The Bertz CT molecular complexity index is 1630. The van der Waals surface area contributed by atoms with Gasteiger partial charge in [0.15, 0.2) is 0 Å². The average molecular weight is 581 g/mol. The summed E-state index contributed by atoms with van der Waals surface area (Å²) < 4.78 is 11.4. The summed E-state index contributed by atoms with van der Waals surface area (Å²) in [7, 11) is 0. The first-order valence-electron chi connectivity index (χ1n) is 14.5. The zero-order chi connectivity index (χ0) is 28.5. The zero-order valence-electron chi connectivity index (χ0n) is 23.3. The number of carbonyl (C=O) groups is 2. The SMILES string of the molecule is O=C(NC1CCOCC1)c1cc2c(s1)-c1ccccc1N(C(=O)c1cccc(N3CCOc4ccccc4C3)n1)CC2. The van der Waals surface area contributed by atoms with Crippen LogP contribution in [0.3, 0.4) is 0 Å². The lowest BCUT2D eigenvalue weighted by Gasteiger charge is -2.24. The number of rotatable bonds is 4. The van der Waals surface area contributed by atoms with Crippen LogP contribution >= 0.6 is 11.3 Å². The molecule has 3 aliphatic rings. The van der Waals surface area contributed by atoms with Crippen LogP contribution in [0.1, 0.15) is 44.1 Å². The number of hydrogen-bond acceptors (Lipinski definition) is 7. The second-order valence-corrected chi connectivity index (χ2v) is 11.9. The molecule has 0 saturated carbocycles. The molecule has 5 heterocycles. The Labute approximate surface area is 248 Å². The molecule has 42 heavy (non-hydrogen) atoms. The van der Waals surface area contributed by atoms with Crippen LogP contribution in [0.2, 0.25) is 0 Å².